The van der Waals surface area contributed by atoms with Gasteiger partial charge in [0.05, 0.1) is 13.2 Å². The molecule has 0 N–H and O–H groups in total. The second-order valence-electron chi connectivity index (χ2n) is 16.1. The minimum Gasteiger partial charge on any atom is -0.493 e. The van der Waals surface area contributed by atoms with E-state index in [0.29, 0.717) is 13.2 Å². The molecule has 0 saturated heterocycles. The lowest BCUT2D eigenvalue weighted by Crippen LogP contribution is -2.03. The summed E-state index contributed by atoms with van der Waals surface area (Å²) in [6.45, 7) is 24.2. The molecule has 0 aliphatic rings. The van der Waals surface area contributed by atoms with Gasteiger partial charge in [0.25, 0.3) is 0 Å². The van der Waals surface area contributed by atoms with Crippen LogP contribution in [0.1, 0.15) is 109 Å². The van der Waals surface area contributed by atoms with Crippen LogP contribution in [0.4, 0.5) is 0 Å². The molecular weight excluding hydrogens is 753 g/mol. The Labute approximate surface area is 353 Å². The van der Waals surface area contributed by atoms with E-state index in [2.05, 4.69) is 130 Å². The summed E-state index contributed by atoms with van der Waals surface area (Å²) in [7, 11) is 0. The Hall–Kier alpha value is -3.90. The molecule has 0 aliphatic heterocycles. The van der Waals surface area contributed by atoms with Gasteiger partial charge in [0, 0.05) is 40.4 Å². The summed E-state index contributed by atoms with van der Waals surface area (Å²) in [5, 5.41) is 4.85. The van der Waals surface area contributed by atoms with Crippen LogP contribution in [0.2, 0.25) is 0 Å². The van der Waals surface area contributed by atoms with Gasteiger partial charge in [-0.1, -0.05) is 100 Å². The van der Waals surface area contributed by atoms with Crippen molar-refractivity contribution in [3.05, 3.63) is 104 Å². The van der Waals surface area contributed by atoms with Gasteiger partial charge in [0.15, 0.2) is 0 Å². The first-order valence-electron chi connectivity index (χ1n) is 21.2. The molecule has 5 heteroatoms. The van der Waals surface area contributed by atoms with Gasteiger partial charge in [-0.25, -0.2) is 0 Å². The summed E-state index contributed by atoms with van der Waals surface area (Å²) < 4.78 is 13.5. The third kappa shape index (κ3) is 8.22. The Bertz CT molecular complexity index is 2540. The van der Waals surface area contributed by atoms with Gasteiger partial charge in [-0.3, -0.25) is 0 Å². The topological polar surface area (TPSA) is 18.5 Å². The first-order valence-corrected chi connectivity index (χ1v) is 23.6. The normalized spacial score (nSPS) is 11.7. The van der Waals surface area contributed by atoms with E-state index in [4.69, 9.17) is 9.47 Å². The number of rotatable bonds is 16. The fourth-order valence-electron chi connectivity index (χ4n) is 8.13. The number of unbranched alkanes of at least 4 members (excludes halogenated alkanes) is 6. The van der Waals surface area contributed by atoms with Crippen LogP contribution in [0, 0.1) is 55.4 Å². The smallest absolute Gasteiger partial charge is 0.127 e. The van der Waals surface area contributed by atoms with Crippen molar-refractivity contribution in [1.29, 1.82) is 0 Å². The van der Waals surface area contributed by atoms with Crippen molar-refractivity contribution >= 4 is 55.6 Å². The van der Waals surface area contributed by atoms with Gasteiger partial charge in [-0.15, -0.1) is 34.0 Å². The molecule has 0 radical (unpaired) electrons. The lowest BCUT2D eigenvalue weighted by Gasteiger charge is -2.20. The second-order valence-corrected chi connectivity index (χ2v) is 19.4. The molecule has 3 aromatic heterocycles. The fraction of sp³-hybridized carbons (Fsp3) is 0.385. The van der Waals surface area contributed by atoms with Crippen LogP contribution in [0.3, 0.4) is 0 Å². The van der Waals surface area contributed by atoms with Crippen molar-refractivity contribution in [2.45, 2.75) is 121 Å². The number of hydrogen-bond donors (Lipinski definition) is 0. The van der Waals surface area contributed by atoms with Crippen molar-refractivity contribution in [1.82, 2.24) is 0 Å². The van der Waals surface area contributed by atoms with Gasteiger partial charge in [-0.05, 0) is 147 Å². The van der Waals surface area contributed by atoms with Crippen LogP contribution >= 0.6 is 34.0 Å². The summed E-state index contributed by atoms with van der Waals surface area (Å²) in [4.78, 5) is 8.47. The van der Waals surface area contributed by atoms with E-state index in [9.17, 15) is 0 Å². The molecule has 3 heterocycles. The summed E-state index contributed by atoms with van der Waals surface area (Å²) in [6.07, 6.45) is 9.38. The second kappa shape index (κ2) is 17.9. The van der Waals surface area contributed by atoms with Crippen molar-refractivity contribution in [3.63, 3.8) is 0 Å². The Morgan fingerprint density at radius 2 is 0.877 bits per heavy atom. The maximum atomic E-state index is 6.75. The molecule has 0 aliphatic carbocycles. The van der Waals surface area contributed by atoms with E-state index in [1.807, 2.05) is 34.0 Å². The first kappa shape index (κ1) is 41.3. The highest BCUT2D eigenvalue weighted by Gasteiger charge is 2.24. The Kier molecular flexibility index (Phi) is 13.0. The average Bonchev–Trinajstić information content (AvgIpc) is 3.77. The molecule has 298 valence electrons. The van der Waals surface area contributed by atoms with Crippen LogP contribution in [0.5, 0.6) is 11.5 Å². The zero-order chi connectivity index (χ0) is 40.4. The van der Waals surface area contributed by atoms with E-state index in [1.165, 1.54) is 134 Å². The Morgan fingerprint density at radius 1 is 0.421 bits per heavy atom. The molecule has 0 spiro atoms. The number of benzene rings is 4. The predicted octanol–water partition coefficient (Wildman–Crippen LogP) is 17.2. The number of hydrogen-bond acceptors (Lipinski definition) is 5. The van der Waals surface area contributed by atoms with E-state index in [0.717, 1.165) is 35.5 Å². The lowest BCUT2D eigenvalue weighted by molar-refractivity contribution is 0.302. The molecule has 0 saturated carbocycles. The average molecular weight is 813 g/mol. The zero-order valence-corrected chi connectivity index (χ0v) is 38.3. The third-order valence-corrected chi connectivity index (χ3v) is 16.6. The largest absolute Gasteiger partial charge is 0.493 e. The number of aryl methyl sites for hydroxylation is 2. The molecule has 0 atom stereocenters. The van der Waals surface area contributed by atoms with Crippen LogP contribution in [-0.2, 0) is 0 Å². The van der Waals surface area contributed by atoms with E-state index >= 15 is 0 Å². The Balaban J connectivity index is 1.34. The van der Waals surface area contributed by atoms with Crippen molar-refractivity contribution in [2.24, 2.45) is 0 Å². The van der Waals surface area contributed by atoms with Gasteiger partial charge < -0.3 is 9.47 Å². The highest BCUT2D eigenvalue weighted by Crippen LogP contribution is 2.52. The van der Waals surface area contributed by atoms with Gasteiger partial charge >= 0.3 is 0 Å². The summed E-state index contributed by atoms with van der Waals surface area (Å²) >= 11 is 5.89. The fourth-order valence-corrected chi connectivity index (χ4v) is 12.4. The molecule has 0 bridgehead atoms. The Morgan fingerprint density at radius 3 is 1.39 bits per heavy atom. The van der Waals surface area contributed by atoms with Crippen molar-refractivity contribution in [3.8, 4) is 52.6 Å². The standard InChI is InChI=1S/C52H60O2S3/c1-11-13-15-17-27-53-44-25-21-39-29-31(3)19-23-42(39)46(44)47-43-24-20-41(30-40(43)22-26-45(47)54-28-18-16-14-12-2)48-34(6)35(7)51(56-48)52-37(9)36(8)50(57-52)49-33(5)32(4)38(10)55-49/h19-26,29-30H,11-18,27-28H2,1-10H3. The summed E-state index contributed by atoms with van der Waals surface area (Å²) in [5.41, 5.74) is 13.3. The molecule has 4 aromatic carbocycles. The van der Waals surface area contributed by atoms with Gasteiger partial charge in [0.1, 0.15) is 11.5 Å². The number of ether oxygens (including phenoxy) is 2. The molecule has 7 aromatic rings. The predicted molar refractivity (Wildman–Crippen MR) is 254 cm³/mol. The quantitative estimate of drug-likeness (QED) is 0.0905. The molecule has 7 rings (SSSR count). The highest BCUT2D eigenvalue weighted by atomic mass is 32.1. The van der Waals surface area contributed by atoms with Crippen LogP contribution in [-0.4, -0.2) is 13.2 Å². The molecule has 0 fully saturated rings. The highest BCUT2D eigenvalue weighted by molar-refractivity contribution is 7.27. The minimum absolute atomic E-state index is 0.707. The summed E-state index contributed by atoms with van der Waals surface area (Å²) in [5.74, 6) is 1.88. The third-order valence-electron chi connectivity index (χ3n) is 12.1. The van der Waals surface area contributed by atoms with Crippen LogP contribution < -0.4 is 9.47 Å². The molecule has 57 heavy (non-hydrogen) atoms. The number of thiophene rings is 3. The van der Waals surface area contributed by atoms with Gasteiger partial charge in [0.2, 0.25) is 0 Å². The lowest BCUT2D eigenvalue weighted by atomic mass is 9.90. The van der Waals surface area contributed by atoms with Crippen molar-refractivity contribution in [2.75, 3.05) is 13.2 Å². The zero-order valence-electron chi connectivity index (χ0n) is 35.9. The van der Waals surface area contributed by atoms with E-state index < -0.39 is 0 Å². The van der Waals surface area contributed by atoms with E-state index in [1.54, 1.807) is 0 Å². The maximum absolute atomic E-state index is 6.75. The SMILES string of the molecule is CCCCCCOc1ccc2cc(C)ccc2c1-c1c(OCCCCCC)ccc2cc(-c3sc(-c4sc(-c5sc(C)c(C)c5C)c(C)c4C)c(C)c3C)ccc12. The van der Waals surface area contributed by atoms with Crippen LogP contribution in [0.15, 0.2) is 60.7 Å². The molecule has 2 nitrogen and oxygen atoms in total. The first-order chi connectivity index (χ1) is 27.5. The monoisotopic (exact) mass is 812 g/mol. The number of fused-ring (bicyclic) bond motifs is 2. The van der Waals surface area contributed by atoms with E-state index in [-0.39, 0.29) is 0 Å². The van der Waals surface area contributed by atoms with Crippen LogP contribution in [0.25, 0.3) is 62.6 Å². The summed E-state index contributed by atoms with van der Waals surface area (Å²) in [6, 6.07) is 22.8. The maximum Gasteiger partial charge on any atom is 0.127 e. The molecule has 0 unspecified atom stereocenters. The van der Waals surface area contributed by atoms with Crippen molar-refractivity contribution < 1.29 is 9.47 Å². The molecule has 0 amide bonds. The minimum atomic E-state index is 0.707. The van der Waals surface area contributed by atoms with Gasteiger partial charge in [-0.2, -0.15) is 0 Å². The molecular formula is C52H60O2S3.